The van der Waals surface area contributed by atoms with Gasteiger partial charge in [0.2, 0.25) is 0 Å². The zero-order valence-electron chi connectivity index (χ0n) is 12.8. The summed E-state index contributed by atoms with van der Waals surface area (Å²) >= 11 is 0. The fourth-order valence-electron chi connectivity index (χ4n) is 1.47. The van der Waals surface area contributed by atoms with Crippen LogP contribution in [-0.2, 0) is 14.3 Å². The lowest BCUT2D eigenvalue weighted by molar-refractivity contribution is -0.138. The molecule has 7 nitrogen and oxygen atoms in total. The lowest BCUT2D eigenvalue weighted by atomic mass is 10.2. The van der Waals surface area contributed by atoms with Crippen LogP contribution in [0.15, 0.2) is 46.0 Å². The molecule has 0 aliphatic carbocycles. The predicted octanol–water partition coefficient (Wildman–Crippen LogP) is 1.89. The van der Waals surface area contributed by atoms with Gasteiger partial charge < -0.3 is 20.3 Å². The number of amidine groups is 1. The molecule has 0 saturated carbocycles. The third-order valence-electron chi connectivity index (χ3n) is 2.47. The molecule has 0 spiro atoms. The Morgan fingerprint density at radius 3 is 2.43 bits per heavy atom. The van der Waals surface area contributed by atoms with E-state index >= 15 is 0 Å². The molecule has 0 bridgehead atoms. The zero-order chi connectivity index (χ0) is 17.2. The highest BCUT2D eigenvalue weighted by atomic mass is 19.1. The summed E-state index contributed by atoms with van der Waals surface area (Å²) in [5, 5.41) is 17.0. The predicted molar refractivity (Wildman–Crippen MR) is 83.5 cm³/mol. The van der Waals surface area contributed by atoms with Crippen LogP contribution >= 0.6 is 0 Å². The first-order valence-electron chi connectivity index (χ1n) is 6.85. The van der Waals surface area contributed by atoms with Gasteiger partial charge in [-0.05, 0) is 31.5 Å². The van der Waals surface area contributed by atoms with Gasteiger partial charge in [-0.15, -0.1) is 5.10 Å². The van der Waals surface area contributed by atoms with Gasteiger partial charge in [0.25, 0.3) is 5.95 Å². The van der Waals surface area contributed by atoms with Crippen LogP contribution in [0.4, 0.5) is 4.39 Å². The van der Waals surface area contributed by atoms with Crippen LogP contribution in [0.3, 0.4) is 0 Å². The topological polar surface area (TPSA) is 107 Å². The normalized spacial score (nSPS) is 12.9. The van der Waals surface area contributed by atoms with Crippen molar-refractivity contribution in [2.24, 2.45) is 15.9 Å². The van der Waals surface area contributed by atoms with Gasteiger partial charge in [0.1, 0.15) is 5.82 Å². The summed E-state index contributed by atoms with van der Waals surface area (Å²) in [6.45, 7) is 3.45. The summed E-state index contributed by atoms with van der Waals surface area (Å²) in [6, 6.07) is 5.51. The second-order valence-corrected chi connectivity index (χ2v) is 4.11. The molecule has 0 unspecified atom stereocenters. The minimum atomic E-state index is -0.878. The number of hydrogen-bond donors (Lipinski definition) is 2. The molecule has 8 heteroatoms. The van der Waals surface area contributed by atoms with Crippen molar-refractivity contribution in [1.82, 2.24) is 0 Å². The third-order valence-corrected chi connectivity index (χ3v) is 2.47. The highest BCUT2D eigenvalue weighted by Crippen LogP contribution is 2.07. The number of carbonyl (C=O) groups excluding carboxylic acids is 1. The largest absolute Gasteiger partial charge is 0.480 e. The summed E-state index contributed by atoms with van der Waals surface area (Å²) in [7, 11) is 0. The quantitative estimate of drug-likeness (QED) is 0.199. The van der Waals surface area contributed by atoms with Gasteiger partial charge in [0.05, 0.1) is 19.4 Å². The number of aliphatic hydroxyl groups is 1. The molecule has 0 heterocycles. The standard InChI is InChI=1S/C15H18FN3O4/c1-3-22-14(20)12(15(21)23-4-2)13(17)19-18-9-10-5-7-11(16)8-6-10/h5-9,20H,3-4H2,1-2H3,(H2,17,19)/b14-12-,18-9?. The number of aliphatic hydroxyl groups excluding tert-OH is 1. The zero-order valence-corrected chi connectivity index (χ0v) is 12.8. The summed E-state index contributed by atoms with van der Waals surface area (Å²) in [5.41, 5.74) is 5.82. The molecule has 0 amide bonds. The van der Waals surface area contributed by atoms with E-state index in [1.165, 1.54) is 30.5 Å². The Kier molecular flexibility index (Phi) is 7.25. The molecule has 124 valence electrons. The number of nitrogens with zero attached hydrogens (tertiary/aromatic N) is 2. The van der Waals surface area contributed by atoms with E-state index in [0.717, 1.165) is 0 Å². The van der Waals surface area contributed by atoms with E-state index in [1.54, 1.807) is 13.8 Å². The van der Waals surface area contributed by atoms with Crippen LogP contribution < -0.4 is 5.73 Å². The first kappa shape index (κ1) is 18.1. The highest BCUT2D eigenvalue weighted by Gasteiger charge is 2.22. The van der Waals surface area contributed by atoms with E-state index in [9.17, 15) is 14.3 Å². The number of rotatable bonds is 7. The van der Waals surface area contributed by atoms with Gasteiger partial charge in [-0.25, -0.2) is 9.18 Å². The lowest BCUT2D eigenvalue weighted by Gasteiger charge is -2.08. The Hall–Kier alpha value is -2.90. The van der Waals surface area contributed by atoms with Gasteiger partial charge >= 0.3 is 5.97 Å². The van der Waals surface area contributed by atoms with E-state index in [4.69, 9.17) is 15.2 Å². The van der Waals surface area contributed by atoms with Gasteiger partial charge in [-0.3, -0.25) is 0 Å². The Balaban J connectivity index is 2.99. The fraction of sp³-hybridized carbons (Fsp3) is 0.267. The average Bonchev–Trinajstić information content (AvgIpc) is 2.50. The maximum Gasteiger partial charge on any atom is 0.349 e. The molecule has 0 fully saturated rings. The average molecular weight is 323 g/mol. The van der Waals surface area contributed by atoms with Crippen LogP contribution in [0.1, 0.15) is 19.4 Å². The summed E-state index contributed by atoms with van der Waals surface area (Å²) in [6.07, 6.45) is 1.31. The molecule has 1 aromatic rings. The second kappa shape index (κ2) is 9.19. The number of nitrogens with two attached hydrogens (primary N) is 1. The van der Waals surface area contributed by atoms with Crippen molar-refractivity contribution < 1.29 is 23.8 Å². The number of halogens is 1. The summed E-state index contributed by atoms with van der Waals surface area (Å²) in [4.78, 5) is 11.8. The van der Waals surface area contributed by atoms with Crippen molar-refractivity contribution in [3.05, 3.63) is 47.2 Å². The Morgan fingerprint density at radius 2 is 1.87 bits per heavy atom. The summed E-state index contributed by atoms with van der Waals surface area (Å²) in [5.74, 6) is -2.31. The molecule has 1 aromatic carbocycles. The first-order valence-corrected chi connectivity index (χ1v) is 6.85. The molecular formula is C15H18FN3O4. The maximum absolute atomic E-state index is 12.8. The minimum Gasteiger partial charge on any atom is -0.480 e. The van der Waals surface area contributed by atoms with Gasteiger partial charge in [-0.1, -0.05) is 12.1 Å². The molecule has 0 aliphatic rings. The molecule has 3 N–H and O–H groups in total. The molecule has 0 aromatic heterocycles. The SMILES string of the molecule is CCOC(=O)C(/C(N)=N/N=Cc1ccc(F)cc1)=C(/O)OCC. The van der Waals surface area contributed by atoms with Crippen LogP contribution in [0.5, 0.6) is 0 Å². The van der Waals surface area contributed by atoms with Crippen molar-refractivity contribution in [3.63, 3.8) is 0 Å². The van der Waals surface area contributed by atoms with Crippen LogP contribution in [-0.4, -0.2) is 36.3 Å². The Bertz CT molecular complexity index is 624. The molecule has 1 rings (SSSR count). The lowest BCUT2D eigenvalue weighted by Crippen LogP contribution is -2.25. The van der Waals surface area contributed by atoms with Crippen molar-refractivity contribution >= 4 is 18.0 Å². The number of carbonyl (C=O) groups is 1. The van der Waals surface area contributed by atoms with E-state index in [2.05, 4.69) is 10.2 Å². The van der Waals surface area contributed by atoms with Gasteiger partial charge in [0.15, 0.2) is 11.4 Å². The second-order valence-electron chi connectivity index (χ2n) is 4.11. The number of ether oxygens (including phenoxy) is 2. The number of esters is 1. The van der Waals surface area contributed by atoms with Gasteiger partial charge in [-0.2, -0.15) is 5.10 Å². The smallest absolute Gasteiger partial charge is 0.349 e. The highest BCUT2D eigenvalue weighted by molar-refractivity contribution is 6.18. The van der Waals surface area contributed by atoms with E-state index in [1.807, 2.05) is 0 Å². The van der Waals surface area contributed by atoms with Crippen LogP contribution in [0.2, 0.25) is 0 Å². The van der Waals surface area contributed by atoms with Gasteiger partial charge in [0, 0.05) is 0 Å². The number of benzene rings is 1. The Labute approximate surface area is 132 Å². The first-order chi connectivity index (χ1) is 11.0. The fourth-order valence-corrected chi connectivity index (χ4v) is 1.47. The van der Waals surface area contributed by atoms with Crippen molar-refractivity contribution in [3.8, 4) is 0 Å². The Morgan fingerprint density at radius 1 is 1.26 bits per heavy atom. The maximum atomic E-state index is 12.8. The van der Waals surface area contributed by atoms with E-state index < -0.39 is 17.5 Å². The van der Waals surface area contributed by atoms with E-state index in [0.29, 0.717) is 5.56 Å². The monoisotopic (exact) mass is 323 g/mol. The molecule has 0 aliphatic heterocycles. The van der Waals surface area contributed by atoms with Crippen molar-refractivity contribution in [2.45, 2.75) is 13.8 Å². The molecule has 0 atom stereocenters. The minimum absolute atomic E-state index is 0.0911. The molecule has 0 radical (unpaired) electrons. The van der Waals surface area contributed by atoms with Crippen LogP contribution in [0, 0.1) is 5.82 Å². The van der Waals surface area contributed by atoms with Crippen molar-refractivity contribution in [2.75, 3.05) is 13.2 Å². The van der Waals surface area contributed by atoms with Crippen molar-refractivity contribution in [1.29, 1.82) is 0 Å². The number of hydrogen-bond acceptors (Lipinski definition) is 6. The molecule has 0 saturated heterocycles. The summed E-state index contributed by atoms with van der Waals surface area (Å²) < 4.78 is 22.4. The van der Waals surface area contributed by atoms with Crippen LogP contribution in [0.25, 0.3) is 0 Å². The third kappa shape index (κ3) is 5.77. The van der Waals surface area contributed by atoms with E-state index in [-0.39, 0.29) is 24.9 Å². The molecule has 23 heavy (non-hydrogen) atoms. The molecular weight excluding hydrogens is 305 g/mol.